The van der Waals surface area contributed by atoms with Crippen molar-refractivity contribution < 1.29 is 13.2 Å². The van der Waals surface area contributed by atoms with Gasteiger partial charge in [0.1, 0.15) is 0 Å². The second kappa shape index (κ2) is 8.53. The third kappa shape index (κ3) is 4.97. The molecule has 8 heteroatoms. The van der Waals surface area contributed by atoms with Crippen LogP contribution in [-0.4, -0.2) is 33.5 Å². The summed E-state index contributed by atoms with van der Waals surface area (Å²) in [5.41, 5.74) is 1.78. The monoisotopic (exact) mass is 395 g/mol. The van der Waals surface area contributed by atoms with Gasteiger partial charge in [-0.3, -0.25) is 9.52 Å². The van der Waals surface area contributed by atoms with E-state index in [1.807, 2.05) is 13.0 Å². The SMILES string of the molecule is Cc1cccc(NS(=O)(=O)c2cccc(C(=O)NC3CCNC3)c2)c1.Cl. The molecule has 140 valence electrons. The minimum atomic E-state index is -3.76. The zero-order chi connectivity index (χ0) is 17.9. The number of benzene rings is 2. The fourth-order valence-electron chi connectivity index (χ4n) is 2.77. The van der Waals surface area contributed by atoms with Gasteiger partial charge in [-0.2, -0.15) is 0 Å². The van der Waals surface area contributed by atoms with Gasteiger partial charge in [-0.15, -0.1) is 12.4 Å². The minimum absolute atomic E-state index is 0. The van der Waals surface area contributed by atoms with Crippen LogP contribution in [0.2, 0.25) is 0 Å². The fraction of sp³-hybridized carbons (Fsp3) is 0.278. The number of anilines is 1. The molecule has 0 bridgehead atoms. The number of carbonyl (C=O) groups is 1. The molecule has 3 rings (SSSR count). The summed E-state index contributed by atoms with van der Waals surface area (Å²) in [5, 5.41) is 6.09. The predicted molar refractivity (Wildman–Crippen MR) is 104 cm³/mol. The Kier molecular flexibility index (Phi) is 6.63. The number of nitrogens with one attached hydrogen (secondary N) is 3. The molecular weight excluding hydrogens is 374 g/mol. The number of sulfonamides is 1. The first-order chi connectivity index (χ1) is 11.9. The molecule has 6 nitrogen and oxygen atoms in total. The highest BCUT2D eigenvalue weighted by atomic mass is 35.5. The first-order valence-electron chi connectivity index (χ1n) is 8.15. The summed E-state index contributed by atoms with van der Waals surface area (Å²) in [4.78, 5) is 12.4. The molecule has 3 N–H and O–H groups in total. The quantitative estimate of drug-likeness (QED) is 0.725. The van der Waals surface area contributed by atoms with E-state index in [0.29, 0.717) is 11.3 Å². The zero-order valence-corrected chi connectivity index (χ0v) is 16.0. The van der Waals surface area contributed by atoms with Gasteiger partial charge < -0.3 is 10.6 Å². The van der Waals surface area contributed by atoms with Crippen LogP contribution in [0.3, 0.4) is 0 Å². The Morgan fingerprint density at radius 3 is 2.62 bits per heavy atom. The van der Waals surface area contributed by atoms with Crippen molar-refractivity contribution in [1.29, 1.82) is 0 Å². The van der Waals surface area contributed by atoms with Gasteiger partial charge in [0.25, 0.3) is 15.9 Å². The highest BCUT2D eigenvalue weighted by molar-refractivity contribution is 7.92. The first kappa shape index (κ1) is 20.2. The summed E-state index contributed by atoms with van der Waals surface area (Å²) in [5.74, 6) is -0.263. The van der Waals surface area contributed by atoms with E-state index >= 15 is 0 Å². The van der Waals surface area contributed by atoms with Gasteiger partial charge in [0.05, 0.1) is 4.90 Å². The standard InChI is InChI=1S/C18H21N3O3S.ClH/c1-13-4-2-6-15(10-13)21-25(23,24)17-7-3-5-14(11-17)18(22)20-16-8-9-19-12-16;/h2-7,10-11,16,19,21H,8-9,12H2,1H3,(H,20,22);1H. The molecular formula is C18H22ClN3O3S. The maximum atomic E-state index is 12.6. The van der Waals surface area contributed by atoms with E-state index in [2.05, 4.69) is 15.4 Å². The van der Waals surface area contributed by atoms with E-state index in [9.17, 15) is 13.2 Å². The van der Waals surface area contributed by atoms with Gasteiger partial charge in [0.15, 0.2) is 0 Å². The van der Waals surface area contributed by atoms with E-state index in [0.717, 1.165) is 25.1 Å². The molecule has 1 atom stereocenters. The van der Waals surface area contributed by atoms with Crippen molar-refractivity contribution >= 4 is 34.0 Å². The van der Waals surface area contributed by atoms with Crippen LogP contribution in [0.1, 0.15) is 22.3 Å². The largest absolute Gasteiger partial charge is 0.348 e. The molecule has 0 saturated carbocycles. The molecule has 2 aromatic rings. The van der Waals surface area contributed by atoms with Gasteiger partial charge in [0.2, 0.25) is 0 Å². The molecule has 1 heterocycles. The normalized spacial score (nSPS) is 16.6. The van der Waals surface area contributed by atoms with E-state index in [1.54, 1.807) is 30.3 Å². The molecule has 1 aliphatic rings. The number of hydrogen-bond acceptors (Lipinski definition) is 4. The molecule has 0 aromatic heterocycles. The van der Waals surface area contributed by atoms with Crippen LogP contribution in [0, 0.1) is 6.92 Å². The maximum absolute atomic E-state index is 12.6. The van der Waals surface area contributed by atoms with Crippen molar-refractivity contribution in [2.75, 3.05) is 17.8 Å². The van der Waals surface area contributed by atoms with Crippen molar-refractivity contribution in [3.8, 4) is 0 Å². The van der Waals surface area contributed by atoms with Crippen LogP contribution in [0.5, 0.6) is 0 Å². The summed E-state index contributed by atoms with van der Waals surface area (Å²) in [6.45, 7) is 3.50. The van der Waals surface area contributed by atoms with Crippen molar-refractivity contribution in [3.63, 3.8) is 0 Å². The summed E-state index contributed by atoms with van der Waals surface area (Å²) in [6, 6.07) is 13.3. The highest BCUT2D eigenvalue weighted by Crippen LogP contribution is 2.18. The lowest BCUT2D eigenvalue weighted by Crippen LogP contribution is -2.36. The van der Waals surface area contributed by atoms with Gasteiger partial charge in [-0.05, 0) is 55.8 Å². The van der Waals surface area contributed by atoms with Crippen molar-refractivity contribution in [1.82, 2.24) is 10.6 Å². The summed E-state index contributed by atoms with van der Waals surface area (Å²) in [6.07, 6.45) is 0.874. The van der Waals surface area contributed by atoms with E-state index in [4.69, 9.17) is 0 Å². The number of amides is 1. The van der Waals surface area contributed by atoms with Gasteiger partial charge in [0, 0.05) is 23.8 Å². The number of halogens is 1. The minimum Gasteiger partial charge on any atom is -0.348 e. The van der Waals surface area contributed by atoms with Crippen LogP contribution in [0.4, 0.5) is 5.69 Å². The molecule has 1 unspecified atom stereocenters. The first-order valence-corrected chi connectivity index (χ1v) is 9.63. The lowest BCUT2D eigenvalue weighted by molar-refractivity contribution is 0.0940. The number of rotatable bonds is 5. The molecule has 0 aliphatic carbocycles. The van der Waals surface area contributed by atoms with Crippen molar-refractivity contribution in [3.05, 3.63) is 59.7 Å². The fourth-order valence-corrected chi connectivity index (χ4v) is 3.87. The van der Waals surface area contributed by atoms with Crippen LogP contribution in [-0.2, 0) is 10.0 Å². The van der Waals surface area contributed by atoms with E-state index < -0.39 is 10.0 Å². The Hall–Kier alpha value is -2.09. The molecule has 1 saturated heterocycles. The van der Waals surface area contributed by atoms with Crippen LogP contribution in [0.15, 0.2) is 53.4 Å². The Morgan fingerprint density at radius 1 is 1.15 bits per heavy atom. The number of hydrogen-bond donors (Lipinski definition) is 3. The lowest BCUT2D eigenvalue weighted by atomic mass is 10.2. The molecule has 0 spiro atoms. The van der Waals surface area contributed by atoms with Crippen LogP contribution < -0.4 is 15.4 Å². The second-order valence-corrected chi connectivity index (χ2v) is 7.85. The van der Waals surface area contributed by atoms with E-state index in [-0.39, 0.29) is 29.3 Å². The third-order valence-electron chi connectivity index (χ3n) is 4.07. The Morgan fingerprint density at radius 2 is 1.92 bits per heavy atom. The second-order valence-electron chi connectivity index (χ2n) is 6.17. The average Bonchev–Trinajstić information content (AvgIpc) is 3.07. The Labute approximate surface area is 159 Å². The third-order valence-corrected chi connectivity index (χ3v) is 5.45. The smallest absolute Gasteiger partial charge is 0.261 e. The van der Waals surface area contributed by atoms with Gasteiger partial charge in [-0.1, -0.05) is 18.2 Å². The summed E-state index contributed by atoms with van der Waals surface area (Å²) < 4.78 is 27.7. The van der Waals surface area contributed by atoms with E-state index in [1.165, 1.54) is 12.1 Å². The summed E-state index contributed by atoms with van der Waals surface area (Å²) in [7, 11) is -3.76. The Bertz CT molecular complexity index is 881. The highest BCUT2D eigenvalue weighted by Gasteiger charge is 2.20. The molecule has 1 amide bonds. The Balaban J connectivity index is 0.00000243. The van der Waals surface area contributed by atoms with Crippen LogP contribution in [0.25, 0.3) is 0 Å². The lowest BCUT2D eigenvalue weighted by Gasteiger charge is -2.13. The molecule has 26 heavy (non-hydrogen) atoms. The van der Waals surface area contributed by atoms with Crippen molar-refractivity contribution in [2.24, 2.45) is 0 Å². The molecule has 2 aromatic carbocycles. The van der Waals surface area contributed by atoms with Crippen LogP contribution >= 0.6 is 12.4 Å². The molecule has 1 aliphatic heterocycles. The predicted octanol–water partition coefficient (Wildman–Crippen LogP) is 2.31. The zero-order valence-electron chi connectivity index (χ0n) is 14.4. The maximum Gasteiger partial charge on any atom is 0.261 e. The topological polar surface area (TPSA) is 87.3 Å². The van der Waals surface area contributed by atoms with Gasteiger partial charge >= 0.3 is 0 Å². The summed E-state index contributed by atoms with van der Waals surface area (Å²) >= 11 is 0. The number of carbonyl (C=O) groups excluding carboxylic acids is 1. The molecule has 0 radical (unpaired) electrons. The average molecular weight is 396 g/mol. The van der Waals surface area contributed by atoms with Crippen molar-refractivity contribution in [2.45, 2.75) is 24.3 Å². The van der Waals surface area contributed by atoms with Gasteiger partial charge in [-0.25, -0.2) is 8.42 Å². The number of aryl methyl sites for hydroxylation is 1. The molecule has 1 fully saturated rings.